The molecule has 2 heterocycles. The van der Waals surface area contributed by atoms with E-state index in [2.05, 4.69) is 0 Å². The van der Waals surface area contributed by atoms with Crippen molar-refractivity contribution in [3.63, 3.8) is 0 Å². The van der Waals surface area contributed by atoms with Crippen LogP contribution in [0, 0.1) is 0 Å². The Morgan fingerprint density at radius 1 is 0.852 bits per heavy atom. The van der Waals surface area contributed by atoms with Crippen LogP contribution in [0.2, 0.25) is 0 Å². The Balaban J connectivity index is -0.000000384. The number of aliphatic carboxylic acids is 2. The van der Waals surface area contributed by atoms with Crippen molar-refractivity contribution in [1.82, 2.24) is 0 Å². The fourth-order valence-corrected chi connectivity index (χ4v) is 2.05. The first-order valence-electron chi connectivity index (χ1n) is 7.26. The van der Waals surface area contributed by atoms with E-state index < -0.39 is 47.9 Å². The standard InChI is InChI=1S/2C7H12O5.Ca.2H2O/c2*1-7(2)11-3-4(12-7)5(8)6(9)10;;;/h2*4-5,8H,3H2,1-2H3,(H,9,10);;2*1H2/q;;+2;;/p-2/t2*4-,5+;;;/m00.../s1. The van der Waals surface area contributed by atoms with Crippen molar-refractivity contribution < 1.29 is 59.9 Å². The fourth-order valence-electron chi connectivity index (χ4n) is 2.05. The van der Waals surface area contributed by atoms with E-state index >= 15 is 0 Å². The summed E-state index contributed by atoms with van der Waals surface area (Å²) in [5.41, 5.74) is 0. The fraction of sp³-hybridized carbons (Fsp3) is 0.857. The molecule has 2 aliphatic rings. The summed E-state index contributed by atoms with van der Waals surface area (Å²) in [6.45, 7) is 6.73. The van der Waals surface area contributed by atoms with Crippen molar-refractivity contribution in [1.29, 1.82) is 0 Å². The van der Waals surface area contributed by atoms with E-state index in [1.165, 1.54) is 0 Å². The van der Waals surface area contributed by atoms with Crippen LogP contribution in [0.3, 0.4) is 0 Å². The molecule has 12 nitrogen and oxygen atoms in total. The topological polar surface area (TPSA) is 221 Å². The first-order chi connectivity index (χ1) is 10.8. The number of ether oxygens (including phenoxy) is 4. The second kappa shape index (κ2) is 12.4. The van der Waals surface area contributed by atoms with Gasteiger partial charge in [0.05, 0.1) is 25.2 Å². The van der Waals surface area contributed by atoms with Crippen LogP contribution in [0.5, 0.6) is 0 Å². The number of hydrogen-bond donors (Lipinski definition) is 2. The molecule has 4 atom stereocenters. The van der Waals surface area contributed by atoms with Gasteiger partial charge in [-0.25, -0.2) is 0 Å². The molecule has 2 aliphatic heterocycles. The van der Waals surface area contributed by atoms with E-state index in [-0.39, 0.29) is 61.9 Å². The predicted octanol–water partition coefficient (Wildman–Crippen LogP) is -5.53. The van der Waals surface area contributed by atoms with Crippen LogP contribution < -0.4 is 10.2 Å². The number of carbonyl (C=O) groups is 2. The van der Waals surface area contributed by atoms with Gasteiger partial charge < -0.3 is 59.9 Å². The summed E-state index contributed by atoms with van der Waals surface area (Å²) in [5.74, 6) is -4.72. The zero-order valence-corrected chi connectivity index (χ0v) is 17.8. The molecule has 0 aliphatic carbocycles. The summed E-state index contributed by atoms with van der Waals surface area (Å²) in [6, 6.07) is 0. The van der Waals surface area contributed by atoms with Gasteiger partial charge in [-0.15, -0.1) is 0 Å². The molecular formula is C14H26CaO12. The zero-order valence-electron chi connectivity index (χ0n) is 15.6. The number of rotatable bonds is 4. The van der Waals surface area contributed by atoms with Gasteiger partial charge in [0.25, 0.3) is 0 Å². The molecule has 2 rings (SSSR count). The quantitative estimate of drug-likeness (QED) is 0.406. The summed E-state index contributed by atoms with van der Waals surface area (Å²) in [5, 5.41) is 38.4. The van der Waals surface area contributed by atoms with Gasteiger partial charge in [0.1, 0.15) is 24.4 Å². The Labute approximate surface area is 186 Å². The molecule has 0 saturated carbocycles. The Kier molecular flexibility index (Phi) is 14.6. The maximum atomic E-state index is 10.2. The van der Waals surface area contributed by atoms with Crippen LogP contribution in [-0.2, 0) is 28.5 Å². The van der Waals surface area contributed by atoms with Crippen LogP contribution in [0.25, 0.3) is 0 Å². The van der Waals surface area contributed by atoms with Gasteiger partial charge in [-0.3, -0.25) is 0 Å². The van der Waals surface area contributed by atoms with E-state index in [1.54, 1.807) is 27.7 Å². The molecule has 6 N–H and O–H groups in total. The molecular weight excluding hydrogens is 400 g/mol. The first-order valence-corrected chi connectivity index (χ1v) is 7.26. The van der Waals surface area contributed by atoms with Gasteiger partial charge >= 0.3 is 37.7 Å². The third-order valence-corrected chi connectivity index (χ3v) is 3.25. The van der Waals surface area contributed by atoms with Gasteiger partial charge in [-0.05, 0) is 27.7 Å². The van der Waals surface area contributed by atoms with E-state index in [0.29, 0.717) is 0 Å². The molecule has 2 fully saturated rings. The van der Waals surface area contributed by atoms with Crippen molar-refractivity contribution in [2.24, 2.45) is 0 Å². The SMILES string of the molecule is CC1(C)OC[C@@H]([C@@H](O)C(=O)[O-])O1.CC1(C)OC[C@@H]([C@@H](O)C(=O)[O-])O1.O.O.[Ca+2]. The van der Waals surface area contributed by atoms with Gasteiger partial charge in [0.15, 0.2) is 11.6 Å². The van der Waals surface area contributed by atoms with Gasteiger partial charge in [-0.1, -0.05) is 0 Å². The van der Waals surface area contributed by atoms with E-state index in [0.717, 1.165) is 0 Å². The summed E-state index contributed by atoms with van der Waals surface area (Å²) in [4.78, 5) is 20.4. The number of carboxylic acids is 2. The molecule has 0 radical (unpaired) electrons. The molecule has 27 heavy (non-hydrogen) atoms. The number of carbonyl (C=O) groups excluding carboxylic acids is 2. The predicted molar refractivity (Wildman–Crippen MR) is 84.8 cm³/mol. The molecule has 0 unspecified atom stereocenters. The molecule has 2 saturated heterocycles. The second-order valence-corrected chi connectivity index (χ2v) is 6.26. The largest absolute Gasteiger partial charge is 2.00 e. The Hall–Kier alpha value is -0.120. The van der Waals surface area contributed by atoms with Crippen molar-refractivity contribution in [2.45, 2.75) is 63.7 Å². The number of carboxylic acid groups (broad SMARTS) is 2. The summed E-state index contributed by atoms with van der Waals surface area (Å²) < 4.78 is 20.3. The van der Waals surface area contributed by atoms with Gasteiger partial charge in [0, 0.05) is 0 Å². The monoisotopic (exact) mass is 426 g/mol. The molecule has 0 aromatic rings. The van der Waals surface area contributed by atoms with Crippen LogP contribution in [0.15, 0.2) is 0 Å². The Bertz CT molecular complexity index is 427. The molecule has 0 bridgehead atoms. The number of hydrogen-bond acceptors (Lipinski definition) is 10. The van der Waals surface area contributed by atoms with E-state index in [1.807, 2.05) is 0 Å². The molecule has 156 valence electrons. The maximum absolute atomic E-state index is 10.2. The van der Waals surface area contributed by atoms with Crippen molar-refractivity contribution in [3.05, 3.63) is 0 Å². The van der Waals surface area contributed by atoms with Crippen LogP contribution in [0.4, 0.5) is 0 Å². The summed E-state index contributed by atoms with van der Waals surface area (Å²) >= 11 is 0. The Morgan fingerprint density at radius 2 is 1.11 bits per heavy atom. The average molecular weight is 426 g/mol. The van der Waals surface area contributed by atoms with E-state index in [9.17, 15) is 19.8 Å². The second-order valence-electron chi connectivity index (χ2n) is 6.26. The smallest absolute Gasteiger partial charge is 0.547 e. The Morgan fingerprint density at radius 3 is 1.26 bits per heavy atom. The normalized spacial score (nSPS) is 26.7. The minimum absolute atomic E-state index is 0. The molecule has 0 amide bonds. The van der Waals surface area contributed by atoms with Gasteiger partial charge in [0.2, 0.25) is 0 Å². The van der Waals surface area contributed by atoms with Crippen LogP contribution in [0.1, 0.15) is 27.7 Å². The number of aliphatic hydroxyl groups is 2. The van der Waals surface area contributed by atoms with Crippen LogP contribution >= 0.6 is 0 Å². The third kappa shape index (κ3) is 10.3. The minimum atomic E-state index is -1.62. The molecule has 0 spiro atoms. The maximum Gasteiger partial charge on any atom is 2.00 e. The number of aliphatic hydroxyl groups excluding tert-OH is 2. The van der Waals surface area contributed by atoms with Crippen molar-refractivity contribution >= 4 is 49.7 Å². The third-order valence-electron chi connectivity index (χ3n) is 3.25. The van der Waals surface area contributed by atoms with Crippen LogP contribution in [-0.4, -0.2) is 120 Å². The molecule has 0 aromatic heterocycles. The average Bonchev–Trinajstić information content (AvgIpc) is 2.99. The van der Waals surface area contributed by atoms with Crippen molar-refractivity contribution in [3.8, 4) is 0 Å². The zero-order chi connectivity index (χ0) is 18.7. The summed E-state index contributed by atoms with van der Waals surface area (Å²) in [6.07, 6.45) is -4.89. The first kappa shape index (κ1) is 31.6. The van der Waals surface area contributed by atoms with Crippen molar-refractivity contribution in [2.75, 3.05) is 13.2 Å². The molecule has 13 heteroatoms. The molecule has 0 aromatic carbocycles. The summed E-state index contributed by atoms with van der Waals surface area (Å²) in [7, 11) is 0. The van der Waals surface area contributed by atoms with E-state index in [4.69, 9.17) is 29.2 Å². The van der Waals surface area contributed by atoms with Gasteiger partial charge in [-0.2, -0.15) is 0 Å². The minimum Gasteiger partial charge on any atom is -0.547 e.